The van der Waals surface area contributed by atoms with Gasteiger partial charge in [-0.2, -0.15) is 0 Å². The molecule has 2 nitrogen and oxygen atoms in total. The lowest BCUT2D eigenvalue weighted by Gasteiger charge is -2.27. The van der Waals surface area contributed by atoms with Crippen molar-refractivity contribution in [2.75, 3.05) is 16.3 Å². The van der Waals surface area contributed by atoms with Crippen LogP contribution in [-0.4, -0.2) is 6.54 Å². The Morgan fingerprint density at radius 3 is 1.55 bits per heavy atom. The molecule has 228 valence electrons. The topological polar surface area (TPSA) is 6.48 Å². The van der Waals surface area contributed by atoms with Crippen molar-refractivity contribution in [2.45, 2.75) is 13.3 Å². The second-order valence-electron chi connectivity index (χ2n) is 11.6. The Balaban J connectivity index is 1.21. The summed E-state index contributed by atoms with van der Waals surface area (Å²) in [5.74, 6) is 0. The third-order valence-electron chi connectivity index (χ3n) is 8.62. The fraction of sp³-hybridized carbons (Fsp3) is 0.0667. The summed E-state index contributed by atoms with van der Waals surface area (Å²) in [6.07, 6.45) is 9.73. The van der Waals surface area contributed by atoms with Crippen LogP contribution in [0.5, 0.6) is 0 Å². The number of hydrogen-bond donors (Lipinski definition) is 0. The van der Waals surface area contributed by atoms with Crippen LogP contribution in [0.1, 0.15) is 13.3 Å². The van der Waals surface area contributed by atoms with Crippen molar-refractivity contribution < 1.29 is 0 Å². The first-order valence-electron chi connectivity index (χ1n) is 16.4. The smallest absolute Gasteiger partial charge is 0.0540 e. The van der Waals surface area contributed by atoms with Gasteiger partial charge in [0.2, 0.25) is 0 Å². The highest BCUT2D eigenvalue weighted by molar-refractivity contribution is 5.99. The maximum atomic E-state index is 2.40. The first-order valence-corrected chi connectivity index (χ1v) is 16.4. The summed E-state index contributed by atoms with van der Waals surface area (Å²) in [7, 11) is 0. The van der Waals surface area contributed by atoms with Crippen LogP contribution >= 0.6 is 0 Å². The molecule has 0 aliphatic heterocycles. The monoisotopic (exact) mass is 606 g/mol. The third kappa shape index (κ3) is 6.45. The summed E-state index contributed by atoms with van der Waals surface area (Å²) in [5, 5.41) is 4.95. The van der Waals surface area contributed by atoms with Crippen molar-refractivity contribution in [3.8, 4) is 11.1 Å². The van der Waals surface area contributed by atoms with Crippen LogP contribution < -0.4 is 9.80 Å². The minimum Gasteiger partial charge on any atom is -0.337 e. The van der Waals surface area contributed by atoms with Crippen LogP contribution in [0.25, 0.3) is 32.7 Å². The summed E-state index contributed by atoms with van der Waals surface area (Å²) >= 11 is 0. The summed E-state index contributed by atoms with van der Waals surface area (Å²) in [4.78, 5) is 4.74. The Hall–Kier alpha value is -5.86. The van der Waals surface area contributed by atoms with Crippen LogP contribution in [0, 0.1) is 0 Å². The number of fused-ring (bicyclic) bond motifs is 2. The molecule has 0 N–H and O–H groups in total. The molecule has 2 heteroatoms. The number of allylic oxidation sites excluding steroid dienone is 3. The van der Waals surface area contributed by atoms with E-state index in [4.69, 9.17) is 0 Å². The van der Waals surface area contributed by atoms with E-state index in [1.165, 1.54) is 44.0 Å². The van der Waals surface area contributed by atoms with Crippen LogP contribution in [0.4, 0.5) is 28.4 Å². The minimum absolute atomic E-state index is 0.777. The van der Waals surface area contributed by atoms with Gasteiger partial charge in [0.25, 0.3) is 0 Å². The highest BCUT2D eigenvalue weighted by Gasteiger charge is 2.16. The van der Waals surface area contributed by atoms with Gasteiger partial charge in [-0.1, -0.05) is 146 Å². The first-order chi connectivity index (χ1) is 23.3. The van der Waals surface area contributed by atoms with E-state index < -0.39 is 0 Å². The lowest BCUT2D eigenvalue weighted by atomic mass is 10.0. The summed E-state index contributed by atoms with van der Waals surface area (Å²) in [5.41, 5.74) is 8.17. The maximum absolute atomic E-state index is 2.40. The molecule has 0 fully saturated rings. The molecule has 0 saturated carbocycles. The highest BCUT2D eigenvalue weighted by atomic mass is 15.1. The molecular formula is C45H38N2. The van der Waals surface area contributed by atoms with Gasteiger partial charge in [-0.05, 0) is 76.9 Å². The molecule has 7 rings (SSSR count). The summed E-state index contributed by atoms with van der Waals surface area (Å²) < 4.78 is 0. The van der Waals surface area contributed by atoms with Crippen molar-refractivity contribution >= 4 is 50.0 Å². The number of anilines is 5. The minimum atomic E-state index is 0.777. The van der Waals surface area contributed by atoms with Crippen molar-refractivity contribution in [2.24, 2.45) is 0 Å². The molecule has 0 spiro atoms. The number of nitrogens with zero attached hydrogens (tertiary/aromatic N) is 2. The molecule has 0 radical (unpaired) electrons. The first kappa shape index (κ1) is 29.8. The van der Waals surface area contributed by atoms with Gasteiger partial charge in [-0.15, -0.1) is 0 Å². The van der Waals surface area contributed by atoms with Crippen molar-refractivity contribution in [1.82, 2.24) is 0 Å². The lowest BCUT2D eigenvalue weighted by Crippen LogP contribution is -2.17. The Bertz CT molecular complexity index is 2130. The van der Waals surface area contributed by atoms with E-state index in [9.17, 15) is 0 Å². The van der Waals surface area contributed by atoms with Gasteiger partial charge in [0.05, 0.1) is 5.69 Å². The number of para-hydroxylation sites is 1. The van der Waals surface area contributed by atoms with Gasteiger partial charge < -0.3 is 9.80 Å². The third-order valence-corrected chi connectivity index (χ3v) is 8.62. The highest BCUT2D eigenvalue weighted by Crippen LogP contribution is 2.40. The zero-order chi connectivity index (χ0) is 31.8. The predicted molar refractivity (Wildman–Crippen MR) is 204 cm³/mol. The van der Waals surface area contributed by atoms with E-state index in [1.807, 2.05) is 0 Å². The van der Waals surface area contributed by atoms with E-state index in [2.05, 4.69) is 205 Å². The Labute approximate surface area is 278 Å². The van der Waals surface area contributed by atoms with E-state index in [1.54, 1.807) is 0 Å². The average Bonchev–Trinajstić information content (AvgIpc) is 3.14. The van der Waals surface area contributed by atoms with Gasteiger partial charge in [0, 0.05) is 40.1 Å². The fourth-order valence-corrected chi connectivity index (χ4v) is 6.29. The standard InChI is InChI=1S/C45H38N2/c1-2-3-4-5-13-34-46(44-24-14-18-37-16-9-11-22-42(37)44)39-30-26-35(27-31-39)36-28-32-41(33-29-36)47(40-20-7-6-8-21-40)45-25-15-19-38-17-10-12-23-43(38)45/h3-33H,2,34H2,1H3/b4-3-,13-5-. The number of rotatable bonds is 10. The molecule has 0 aliphatic carbocycles. The fourth-order valence-electron chi connectivity index (χ4n) is 6.29. The number of benzene rings is 7. The molecule has 0 atom stereocenters. The SMILES string of the molecule is CC/C=C\C=C/CN(c1ccc(-c2ccc(N(c3ccccc3)c3cccc4ccccc34)cc2)cc1)c1cccc2ccccc12. The van der Waals surface area contributed by atoms with E-state index in [0.717, 1.165) is 30.0 Å². The molecule has 0 bridgehead atoms. The Morgan fingerprint density at radius 2 is 0.915 bits per heavy atom. The lowest BCUT2D eigenvalue weighted by molar-refractivity contribution is 1.10. The second kappa shape index (κ2) is 14.1. The molecule has 47 heavy (non-hydrogen) atoms. The van der Waals surface area contributed by atoms with Gasteiger partial charge >= 0.3 is 0 Å². The molecule has 0 aromatic heterocycles. The molecular weight excluding hydrogens is 569 g/mol. The molecule has 0 amide bonds. The van der Waals surface area contributed by atoms with E-state index >= 15 is 0 Å². The largest absolute Gasteiger partial charge is 0.337 e. The molecule has 7 aromatic rings. The molecule has 0 saturated heterocycles. The van der Waals surface area contributed by atoms with Crippen molar-refractivity contribution in [3.63, 3.8) is 0 Å². The molecule has 0 unspecified atom stereocenters. The molecule has 0 aliphatic rings. The van der Waals surface area contributed by atoms with Gasteiger partial charge in [0.15, 0.2) is 0 Å². The van der Waals surface area contributed by atoms with Crippen molar-refractivity contribution in [3.05, 3.63) is 188 Å². The van der Waals surface area contributed by atoms with Crippen molar-refractivity contribution in [1.29, 1.82) is 0 Å². The van der Waals surface area contributed by atoms with Crippen LogP contribution in [-0.2, 0) is 0 Å². The van der Waals surface area contributed by atoms with Crippen LogP contribution in [0.15, 0.2) is 188 Å². The zero-order valence-electron chi connectivity index (χ0n) is 26.7. The van der Waals surface area contributed by atoms with Gasteiger partial charge in [0.1, 0.15) is 0 Å². The van der Waals surface area contributed by atoms with Crippen LogP contribution in [0.3, 0.4) is 0 Å². The zero-order valence-corrected chi connectivity index (χ0v) is 26.7. The van der Waals surface area contributed by atoms with Crippen LogP contribution in [0.2, 0.25) is 0 Å². The summed E-state index contributed by atoms with van der Waals surface area (Å²) in [6.45, 7) is 2.94. The number of hydrogen-bond acceptors (Lipinski definition) is 2. The van der Waals surface area contributed by atoms with E-state index in [-0.39, 0.29) is 0 Å². The van der Waals surface area contributed by atoms with Gasteiger partial charge in [-0.25, -0.2) is 0 Å². The Morgan fingerprint density at radius 1 is 0.426 bits per heavy atom. The average molecular weight is 607 g/mol. The van der Waals surface area contributed by atoms with E-state index in [0.29, 0.717) is 0 Å². The quantitative estimate of drug-likeness (QED) is 0.143. The molecule has 0 heterocycles. The normalized spacial score (nSPS) is 11.5. The summed E-state index contributed by atoms with van der Waals surface area (Å²) in [6, 6.07) is 58.8. The van der Waals surface area contributed by atoms with Gasteiger partial charge in [-0.3, -0.25) is 0 Å². The maximum Gasteiger partial charge on any atom is 0.0540 e. The molecule has 7 aromatic carbocycles. The Kier molecular flexibility index (Phi) is 8.92. The predicted octanol–water partition coefficient (Wildman–Crippen LogP) is 12.8. The second-order valence-corrected chi connectivity index (χ2v) is 11.6.